The molecule has 88 valence electrons. The molecule has 1 aliphatic heterocycles. The molecule has 1 fully saturated rings. The van der Waals surface area contributed by atoms with Crippen molar-refractivity contribution < 1.29 is 9.53 Å². The average molecular weight is 214 g/mol. The fourth-order valence-corrected chi connectivity index (χ4v) is 1.84. The van der Waals surface area contributed by atoms with Gasteiger partial charge in [-0.25, -0.2) is 0 Å². The lowest BCUT2D eigenvalue weighted by atomic mass is 9.90. The van der Waals surface area contributed by atoms with Crippen LogP contribution in [0.5, 0.6) is 0 Å². The van der Waals surface area contributed by atoms with Crippen molar-refractivity contribution in [2.75, 3.05) is 19.8 Å². The largest absolute Gasteiger partial charge is 0.381 e. The van der Waals surface area contributed by atoms with Gasteiger partial charge in [-0.15, -0.1) is 0 Å². The summed E-state index contributed by atoms with van der Waals surface area (Å²) < 4.78 is 5.28. The maximum atomic E-state index is 11.6. The van der Waals surface area contributed by atoms with Crippen molar-refractivity contribution in [1.29, 1.82) is 0 Å². The van der Waals surface area contributed by atoms with E-state index < -0.39 is 0 Å². The third-order valence-electron chi connectivity index (χ3n) is 3.00. The van der Waals surface area contributed by atoms with Gasteiger partial charge in [0.05, 0.1) is 5.54 Å². The van der Waals surface area contributed by atoms with Crippen LogP contribution >= 0.6 is 0 Å². The molecule has 0 aromatic rings. The molecule has 3 N–H and O–H groups in total. The third kappa shape index (κ3) is 3.80. The molecular formula is C11H22N2O2. The summed E-state index contributed by atoms with van der Waals surface area (Å²) in [6.07, 6.45) is 4.27. The van der Waals surface area contributed by atoms with Crippen molar-refractivity contribution >= 4 is 5.91 Å². The van der Waals surface area contributed by atoms with Gasteiger partial charge in [0.1, 0.15) is 0 Å². The van der Waals surface area contributed by atoms with Crippen LogP contribution < -0.4 is 11.1 Å². The van der Waals surface area contributed by atoms with E-state index in [9.17, 15) is 4.79 Å². The fraction of sp³-hybridized carbons (Fsp3) is 0.909. The van der Waals surface area contributed by atoms with Crippen molar-refractivity contribution in [3.05, 3.63) is 0 Å². The summed E-state index contributed by atoms with van der Waals surface area (Å²) in [5.41, 5.74) is 5.54. The van der Waals surface area contributed by atoms with E-state index in [0.717, 1.165) is 25.7 Å². The molecule has 1 aliphatic rings. The molecule has 0 unspecified atom stereocenters. The first-order valence-corrected chi connectivity index (χ1v) is 5.81. The number of unbranched alkanes of at least 4 members (excludes halogenated alkanes) is 1. The van der Waals surface area contributed by atoms with E-state index in [4.69, 9.17) is 10.5 Å². The molecule has 0 radical (unpaired) electrons. The summed E-state index contributed by atoms with van der Waals surface area (Å²) in [5.74, 6) is 0.129. The van der Waals surface area contributed by atoms with Gasteiger partial charge in [0.2, 0.25) is 5.91 Å². The number of carbonyl (C=O) groups is 1. The summed E-state index contributed by atoms with van der Waals surface area (Å²) in [5, 5.41) is 3.07. The summed E-state index contributed by atoms with van der Waals surface area (Å²) in [7, 11) is 0. The number of nitrogens with one attached hydrogen (secondary N) is 1. The Morgan fingerprint density at radius 1 is 1.47 bits per heavy atom. The number of hydrogen-bond donors (Lipinski definition) is 2. The normalized spacial score (nSPS) is 19.9. The standard InChI is InChI=1S/C11H22N2O2/c1-2-3-4-10(14)13-11(9-12)5-7-15-8-6-11/h2-9,12H2,1H3,(H,13,14). The first-order valence-electron chi connectivity index (χ1n) is 5.81. The van der Waals surface area contributed by atoms with Crippen LogP contribution in [0, 0.1) is 0 Å². The predicted octanol–water partition coefficient (Wildman–Crippen LogP) is 0.801. The van der Waals surface area contributed by atoms with Crippen LogP contribution in [-0.4, -0.2) is 31.2 Å². The number of carbonyl (C=O) groups excluding carboxylic acids is 1. The molecule has 0 spiro atoms. The van der Waals surface area contributed by atoms with Gasteiger partial charge in [-0.05, 0) is 19.3 Å². The summed E-state index contributed by atoms with van der Waals surface area (Å²) in [6, 6.07) is 0. The zero-order valence-electron chi connectivity index (χ0n) is 9.55. The first kappa shape index (κ1) is 12.5. The van der Waals surface area contributed by atoms with Gasteiger partial charge in [-0.2, -0.15) is 0 Å². The van der Waals surface area contributed by atoms with Crippen molar-refractivity contribution in [3.63, 3.8) is 0 Å². The first-order chi connectivity index (χ1) is 7.22. The molecular weight excluding hydrogens is 192 g/mol. The Balaban J connectivity index is 2.40. The number of hydrogen-bond acceptors (Lipinski definition) is 3. The Hall–Kier alpha value is -0.610. The van der Waals surface area contributed by atoms with Crippen LogP contribution in [0.25, 0.3) is 0 Å². The Morgan fingerprint density at radius 3 is 2.67 bits per heavy atom. The molecule has 4 nitrogen and oxygen atoms in total. The lowest BCUT2D eigenvalue weighted by molar-refractivity contribution is -0.124. The molecule has 0 saturated carbocycles. The second-order valence-corrected chi connectivity index (χ2v) is 4.25. The van der Waals surface area contributed by atoms with Crippen LogP contribution in [0.15, 0.2) is 0 Å². The highest BCUT2D eigenvalue weighted by molar-refractivity contribution is 5.76. The van der Waals surface area contributed by atoms with E-state index in [0.29, 0.717) is 26.2 Å². The topological polar surface area (TPSA) is 64.4 Å². The van der Waals surface area contributed by atoms with E-state index in [2.05, 4.69) is 12.2 Å². The maximum Gasteiger partial charge on any atom is 0.220 e. The minimum Gasteiger partial charge on any atom is -0.381 e. The third-order valence-corrected chi connectivity index (χ3v) is 3.00. The van der Waals surface area contributed by atoms with Crippen molar-refractivity contribution in [3.8, 4) is 0 Å². The number of ether oxygens (including phenoxy) is 1. The predicted molar refractivity (Wildman–Crippen MR) is 59.5 cm³/mol. The second kappa shape index (κ2) is 6.08. The SMILES string of the molecule is CCCCC(=O)NC1(CN)CCOCC1. The Kier molecular flexibility index (Phi) is 5.05. The Bertz CT molecular complexity index is 201. The quantitative estimate of drug-likeness (QED) is 0.711. The van der Waals surface area contributed by atoms with Crippen LogP contribution in [-0.2, 0) is 9.53 Å². The fourth-order valence-electron chi connectivity index (χ4n) is 1.84. The number of nitrogens with two attached hydrogens (primary N) is 1. The summed E-state index contributed by atoms with van der Waals surface area (Å²) >= 11 is 0. The molecule has 0 atom stereocenters. The number of amides is 1. The lowest BCUT2D eigenvalue weighted by Crippen LogP contribution is -2.56. The highest BCUT2D eigenvalue weighted by Crippen LogP contribution is 2.19. The molecule has 0 aliphatic carbocycles. The van der Waals surface area contributed by atoms with Gasteiger partial charge in [-0.1, -0.05) is 13.3 Å². The van der Waals surface area contributed by atoms with E-state index >= 15 is 0 Å². The second-order valence-electron chi connectivity index (χ2n) is 4.25. The molecule has 4 heteroatoms. The molecule has 1 heterocycles. The van der Waals surface area contributed by atoms with Crippen LogP contribution in [0.3, 0.4) is 0 Å². The van der Waals surface area contributed by atoms with Crippen molar-refractivity contribution in [2.45, 2.75) is 44.6 Å². The smallest absolute Gasteiger partial charge is 0.220 e. The maximum absolute atomic E-state index is 11.6. The summed E-state index contributed by atoms with van der Waals surface area (Å²) in [4.78, 5) is 11.6. The van der Waals surface area contributed by atoms with Gasteiger partial charge >= 0.3 is 0 Å². The highest BCUT2D eigenvalue weighted by Gasteiger charge is 2.32. The molecule has 1 rings (SSSR count). The van der Waals surface area contributed by atoms with Crippen molar-refractivity contribution in [1.82, 2.24) is 5.32 Å². The molecule has 0 aromatic heterocycles. The monoisotopic (exact) mass is 214 g/mol. The molecule has 1 saturated heterocycles. The van der Waals surface area contributed by atoms with Crippen LogP contribution in [0.1, 0.15) is 39.0 Å². The molecule has 1 amide bonds. The molecule has 15 heavy (non-hydrogen) atoms. The minimum atomic E-state index is -0.205. The average Bonchev–Trinajstić information content (AvgIpc) is 2.27. The van der Waals surface area contributed by atoms with Gasteiger partial charge in [0.15, 0.2) is 0 Å². The van der Waals surface area contributed by atoms with E-state index in [1.807, 2.05) is 0 Å². The van der Waals surface area contributed by atoms with Crippen molar-refractivity contribution in [2.24, 2.45) is 5.73 Å². The van der Waals surface area contributed by atoms with E-state index in [1.54, 1.807) is 0 Å². The summed E-state index contributed by atoms with van der Waals surface area (Å²) in [6.45, 7) is 3.99. The lowest BCUT2D eigenvalue weighted by Gasteiger charge is -2.37. The van der Waals surface area contributed by atoms with Crippen LogP contribution in [0.4, 0.5) is 0 Å². The van der Waals surface area contributed by atoms with E-state index in [1.165, 1.54) is 0 Å². The molecule has 0 bridgehead atoms. The van der Waals surface area contributed by atoms with Gasteiger partial charge in [0.25, 0.3) is 0 Å². The van der Waals surface area contributed by atoms with Gasteiger partial charge in [0, 0.05) is 26.2 Å². The van der Waals surface area contributed by atoms with E-state index in [-0.39, 0.29) is 11.4 Å². The van der Waals surface area contributed by atoms with Crippen LogP contribution in [0.2, 0.25) is 0 Å². The Labute approximate surface area is 91.5 Å². The zero-order valence-corrected chi connectivity index (χ0v) is 9.55. The highest BCUT2D eigenvalue weighted by atomic mass is 16.5. The van der Waals surface area contributed by atoms with Gasteiger partial charge in [-0.3, -0.25) is 4.79 Å². The Morgan fingerprint density at radius 2 is 2.13 bits per heavy atom. The van der Waals surface area contributed by atoms with Gasteiger partial charge < -0.3 is 15.8 Å². The molecule has 0 aromatic carbocycles. The zero-order chi connectivity index (χ0) is 11.1. The number of rotatable bonds is 5. The minimum absolute atomic E-state index is 0.129.